The van der Waals surface area contributed by atoms with Gasteiger partial charge in [0.25, 0.3) is 0 Å². The van der Waals surface area contributed by atoms with Gasteiger partial charge in [0, 0.05) is 25.0 Å². The molecule has 0 spiro atoms. The lowest BCUT2D eigenvalue weighted by molar-refractivity contribution is -0.112. The van der Waals surface area contributed by atoms with Gasteiger partial charge in [-0.15, -0.1) is 0 Å². The molecule has 3 rings (SSSR count). The van der Waals surface area contributed by atoms with Crippen molar-refractivity contribution in [1.82, 2.24) is 4.90 Å². The second-order valence-electron chi connectivity index (χ2n) is 6.59. The molecule has 120 valence electrons. The zero-order valence-corrected chi connectivity index (χ0v) is 13.6. The summed E-state index contributed by atoms with van der Waals surface area (Å²) in [5.41, 5.74) is 2.69. The topological polar surface area (TPSA) is 20.3 Å². The Balaban J connectivity index is 1.76. The molecule has 2 nitrogen and oxygen atoms in total. The minimum absolute atomic E-state index is 0.239. The van der Waals surface area contributed by atoms with Crippen molar-refractivity contribution in [3.8, 4) is 0 Å². The molecule has 0 radical (unpaired) electrons. The third-order valence-corrected chi connectivity index (χ3v) is 4.85. The molecule has 1 aliphatic rings. The number of hydrogen-bond acceptors (Lipinski definition) is 2. The second-order valence-corrected chi connectivity index (χ2v) is 6.59. The van der Waals surface area contributed by atoms with E-state index in [1.165, 1.54) is 17.5 Å². The molecule has 1 aliphatic carbocycles. The van der Waals surface area contributed by atoms with E-state index >= 15 is 0 Å². The highest BCUT2D eigenvalue weighted by atomic mass is 16.1. The van der Waals surface area contributed by atoms with E-state index in [1.54, 1.807) is 0 Å². The van der Waals surface area contributed by atoms with Gasteiger partial charge in [-0.1, -0.05) is 67.1 Å². The number of aldehydes is 1. The largest absolute Gasteiger partial charge is 0.303 e. The molecular weight excluding hydrogens is 282 g/mol. The maximum absolute atomic E-state index is 11.2. The van der Waals surface area contributed by atoms with Crippen LogP contribution in [0.5, 0.6) is 0 Å². The van der Waals surface area contributed by atoms with E-state index in [0.29, 0.717) is 6.04 Å². The fraction of sp³-hybridized carbons (Fsp3) is 0.381. The summed E-state index contributed by atoms with van der Waals surface area (Å²) in [4.78, 5) is 13.8. The zero-order valence-electron chi connectivity index (χ0n) is 13.6. The number of carbonyl (C=O) groups excluding carboxylic acids is 1. The van der Waals surface area contributed by atoms with Crippen molar-refractivity contribution in [2.24, 2.45) is 5.92 Å². The Morgan fingerprint density at radius 3 is 1.96 bits per heavy atom. The SMILES string of the molecule is O=C[C@@H]1CCC[C@H](N(Cc2ccccc2)Cc2ccccc2)C1. The van der Waals surface area contributed by atoms with Crippen LogP contribution in [0.3, 0.4) is 0 Å². The molecule has 0 saturated heterocycles. The Hall–Kier alpha value is -1.93. The summed E-state index contributed by atoms with van der Waals surface area (Å²) in [6.45, 7) is 1.90. The maximum Gasteiger partial charge on any atom is 0.123 e. The van der Waals surface area contributed by atoms with Crippen molar-refractivity contribution in [3.05, 3.63) is 71.8 Å². The molecule has 1 fully saturated rings. The van der Waals surface area contributed by atoms with Gasteiger partial charge in [-0.2, -0.15) is 0 Å². The van der Waals surface area contributed by atoms with Crippen molar-refractivity contribution >= 4 is 6.29 Å². The first-order valence-electron chi connectivity index (χ1n) is 8.62. The van der Waals surface area contributed by atoms with Crippen LogP contribution in [0.4, 0.5) is 0 Å². The Morgan fingerprint density at radius 1 is 0.870 bits per heavy atom. The molecule has 1 saturated carbocycles. The summed E-state index contributed by atoms with van der Waals surface area (Å²) >= 11 is 0. The van der Waals surface area contributed by atoms with Crippen LogP contribution >= 0.6 is 0 Å². The van der Waals surface area contributed by atoms with E-state index in [0.717, 1.165) is 38.6 Å². The number of hydrogen-bond donors (Lipinski definition) is 0. The molecule has 0 amide bonds. The molecule has 2 aromatic rings. The summed E-state index contributed by atoms with van der Waals surface area (Å²) < 4.78 is 0. The molecule has 0 N–H and O–H groups in total. The smallest absolute Gasteiger partial charge is 0.123 e. The predicted molar refractivity (Wildman–Crippen MR) is 93.9 cm³/mol. The van der Waals surface area contributed by atoms with Gasteiger partial charge in [0.1, 0.15) is 6.29 Å². The molecule has 0 bridgehead atoms. The Morgan fingerprint density at radius 2 is 1.43 bits per heavy atom. The van der Waals surface area contributed by atoms with Gasteiger partial charge >= 0.3 is 0 Å². The maximum atomic E-state index is 11.2. The first-order valence-corrected chi connectivity index (χ1v) is 8.62. The van der Waals surface area contributed by atoms with E-state index in [4.69, 9.17) is 0 Å². The van der Waals surface area contributed by atoms with Crippen LogP contribution in [0.25, 0.3) is 0 Å². The van der Waals surface area contributed by atoms with Crippen molar-refractivity contribution in [1.29, 1.82) is 0 Å². The van der Waals surface area contributed by atoms with E-state index in [9.17, 15) is 4.79 Å². The molecule has 0 aromatic heterocycles. The number of benzene rings is 2. The molecule has 23 heavy (non-hydrogen) atoms. The van der Waals surface area contributed by atoms with E-state index in [-0.39, 0.29) is 5.92 Å². The van der Waals surface area contributed by atoms with Crippen molar-refractivity contribution < 1.29 is 4.79 Å². The van der Waals surface area contributed by atoms with Gasteiger partial charge in [0.2, 0.25) is 0 Å². The molecule has 2 atom stereocenters. The standard InChI is InChI=1S/C21H25NO/c23-17-20-12-7-13-21(14-20)22(15-18-8-3-1-4-9-18)16-19-10-5-2-6-11-19/h1-6,8-11,17,20-21H,7,12-16H2/t20-,21+/m1/s1. The van der Waals surface area contributed by atoms with Crippen molar-refractivity contribution in [2.45, 2.75) is 44.8 Å². The first-order chi connectivity index (χ1) is 11.3. The lowest BCUT2D eigenvalue weighted by atomic mass is 9.85. The minimum atomic E-state index is 0.239. The Labute approximate surface area is 139 Å². The lowest BCUT2D eigenvalue weighted by Crippen LogP contribution is -2.38. The third-order valence-electron chi connectivity index (χ3n) is 4.85. The summed E-state index contributed by atoms with van der Waals surface area (Å²) in [7, 11) is 0. The summed E-state index contributed by atoms with van der Waals surface area (Å²) in [5, 5.41) is 0. The number of rotatable bonds is 6. The normalized spacial score (nSPS) is 21.3. The van der Waals surface area contributed by atoms with Gasteiger partial charge in [0.15, 0.2) is 0 Å². The molecule has 2 aromatic carbocycles. The summed E-state index contributed by atoms with van der Waals surface area (Å²) in [6.07, 6.45) is 5.58. The summed E-state index contributed by atoms with van der Waals surface area (Å²) in [5.74, 6) is 0.239. The van der Waals surface area contributed by atoms with Gasteiger partial charge in [-0.3, -0.25) is 4.90 Å². The zero-order chi connectivity index (χ0) is 15.9. The van der Waals surface area contributed by atoms with E-state index in [1.807, 2.05) is 0 Å². The quantitative estimate of drug-likeness (QED) is 0.735. The molecule has 0 heterocycles. The lowest BCUT2D eigenvalue weighted by Gasteiger charge is -2.36. The van der Waals surface area contributed by atoms with Gasteiger partial charge in [-0.25, -0.2) is 0 Å². The Bertz CT molecular complexity index is 554. The fourth-order valence-corrected chi connectivity index (χ4v) is 3.61. The van der Waals surface area contributed by atoms with Crippen LogP contribution in [0.15, 0.2) is 60.7 Å². The molecule has 0 aliphatic heterocycles. The first kappa shape index (κ1) is 15.9. The van der Waals surface area contributed by atoms with Gasteiger partial charge in [-0.05, 0) is 30.4 Å². The van der Waals surface area contributed by atoms with Gasteiger partial charge in [0.05, 0.1) is 0 Å². The van der Waals surface area contributed by atoms with Crippen LogP contribution in [-0.2, 0) is 17.9 Å². The number of nitrogens with zero attached hydrogens (tertiary/aromatic N) is 1. The predicted octanol–water partition coefficient (Wildman–Crippen LogP) is 4.45. The highest BCUT2D eigenvalue weighted by Gasteiger charge is 2.26. The number of carbonyl (C=O) groups is 1. The van der Waals surface area contributed by atoms with E-state index in [2.05, 4.69) is 65.6 Å². The highest BCUT2D eigenvalue weighted by molar-refractivity contribution is 5.53. The summed E-state index contributed by atoms with van der Waals surface area (Å²) in [6, 6.07) is 21.8. The highest BCUT2D eigenvalue weighted by Crippen LogP contribution is 2.28. The van der Waals surface area contributed by atoms with Crippen molar-refractivity contribution in [2.75, 3.05) is 0 Å². The van der Waals surface area contributed by atoms with Crippen LogP contribution in [-0.4, -0.2) is 17.2 Å². The monoisotopic (exact) mass is 307 g/mol. The van der Waals surface area contributed by atoms with Crippen LogP contribution in [0, 0.1) is 5.92 Å². The average Bonchev–Trinajstić information content (AvgIpc) is 2.63. The molecule has 0 unspecified atom stereocenters. The van der Waals surface area contributed by atoms with Crippen molar-refractivity contribution in [3.63, 3.8) is 0 Å². The van der Waals surface area contributed by atoms with Crippen LogP contribution in [0.2, 0.25) is 0 Å². The average molecular weight is 307 g/mol. The molecule has 2 heteroatoms. The third kappa shape index (κ3) is 4.52. The minimum Gasteiger partial charge on any atom is -0.303 e. The molecular formula is C21H25NO. The van der Waals surface area contributed by atoms with E-state index < -0.39 is 0 Å². The van der Waals surface area contributed by atoms with Crippen LogP contribution < -0.4 is 0 Å². The Kier molecular flexibility index (Phi) is 5.60. The van der Waals surface area contributed by atoms with Crippen LogP contribution in [0.1, 0.15) is 36.8 Å². The van der Waals surface area contributed by atoms with Gasteiger partial charge < -0.3 is 4.79 Å². The second kappa shape index (κ2) is 8.07. The fourth-order valence-electron chi connectivity index (χ4n) is 3.61.